The van der Waals surface area contributed by atoms with Crippen LogP contribution in [0.3, 0.4) is 0 Å². The van der Waals surface area contributed by atoms with Crippen LogP contribution in [0, 0.1) is 0 Å². The predicted octanol–water partition coefficient (Wildman–Crippen LogP) is 0.695. The van der Waals surface area contributed by atoms with Gasteiger partial charge in [0.15, 0.2) is 0 Å². The third kappa shape index (κ3) is 4.41. The Morgan fingerprint density at radius 3 is 2.58 bits per heavy atom. The Kier molecular flexibility index (Phi) is 5.62. The van der Waals surface area contributed by atoms with E-state index >= 15 is 0 Å². The van der Waals surface area contributed by atoms with Gasteiger partial charge >= 0.3 is 0 Å². The van der Waals surface area contributed by atoms with Crippen LogP contribution in [0.5, 0.6) is 0 Å². The number of hydrogen-bond acceptors (Lipinski definition) is 4. The molecule has 1 saturated carbocycles. The number of rotatable bonds is 6. The maximum atomic E-state index is 12.4. The molecule has 5 nitrogen and oxygen atoms in total. The number of sulfonamides is 1. The summed E-state index contributed by atoms with van der Waals surface area (Å²) >= 11 is 0. The van der Waals surface area contributed by atoms with Gasteiger partial charge in [-0.3, -0.25) is 0 Å². The van der Waals surface area contributed by atoms with Crippen molar-refractivity contribution in [2.24, 2.45) is 0 Å². The van der Waals surface area contributed by atoms with Gasteiger partial charge in [-0.15, -0.1) is 0 Å². The van der Waals surface area contributed by atoms with Crippen molar-refractivity contribution >= 4 is 10.0 Å². The Bertz CT molecular complexity index is 366. The maximum Gasteiger partial charge on any atom is 0.215 e. The summed E-state index contributed by atoms with van der Waals surface area (Å²) in [6, 6.07) is 0.165. The van der Waals surface area contributed by atoms with Crippen molar-refractivity contribution in [2.75, 3.05) is 26.2 Å². The first-order valence-electron chi connectivity index (χ1n) is 7.46. The summed E-state index contributed by atoms with van der Waals surface area (Å²) < 4.78 is 27.6. The molecular formula is C13H26N2O3S. The highest BCUT2D eigenvalue weighted by atomic mass is 32.2. The lowest BCUT2D eigenvalue weighted by atomic mass is 10.1. The molecule has 1 saturated heterocycles. The minimum absolute atomic E-state index is 0.165. The van der Waals surface area contributed by atoms with Gasteiger partial charge in [0.05, 0.1) is 5.25 Å². The van der Waals surface area contributed by atoms with Crippen molar-refractivity contribution in [1.29, 1.82) is 0 Å². The van der Waals surface area contributed by atoms with Gasteiger partial charge in [0.25, 0.3) is 0 Å². The lowest BCUT2D eigenvalue weighted by Crippen LogP contribution is -2.48. The van der Waals surface area contributed by atoms with Gasteiger partial charge in [-0.05, 0) is 38.6 Å². The minimum atomic E-state index is -3.18. The number of aliphatic hydroxyl groups excluding tert-OH is 1. The van der Waals surface area contributed by atoms with Crippen LogP contribution in [0.2, 0.25) is 0 Å². The molecule has 0 spiro atoms. The lowest BCUT2D eigenvalue weighted by molar-refractivity contribution is 0.199. The monoisotopic (exact) mass is 290 g/mol. The molecule has 2 aliphatic rings. The molecule has 0 radical (unpaired) electrons. The van der Waals surface area contributed by atoms with E-state index < -0.39 is 10.0 Å². The largest absolute Gasteiger partial charge is 0.396 e. The van der Waals surface area contributed by atoms with Crippen molar-refractivity contribution in [3.05, 3.63) is 0 Å². The first kappa shape index (κ1) is 15.2. The zero-order chi connectivity index (χ0) is 13.7. The first-order valence-corrected chi connectivity index (χ1v) is 9.01. The van der Waals surface area contributed by atoms with E-state index in [1.807, 2.05) is 0 Å². The molecule has 1 unspecified atom stereocenters. The molecule has 0 aromatic carbocycles. The summed E-state index contributed by atoms with van der Waals surface area (Å²) in [6.07, 6.45) is 6.67. The van der Waals surface area contributed by atoms with Gasteiger partial charge in [-0.1, -0.05) is 12.8 Å². The van der Waals surface area contributed by atoms with E-state index in [9.17, 15) is 8.42 Å². The molecule has 1 aliphatic heterocycles. The molecule has 0 bridgehead atoms. The van der Waals surface area contributed by atoms with E-state index in [0.29, 0.717) is 6.54 Å². The van der Waals surface area contributed by atoms with Crippen LogP contribution in [-0.2, 0) is 10.0 Å². The van der Waals surface area contributed by atoms with E-state index in [2.05, 4.69) is 9.62 Å². The zero-order valence-corrected chi connectivity index (χ0v) is 12.4. The second kappa shape index (κ2) is 7.02. The highest BCUT2D eigenvalue weighted by Gasteiger charge is 2.32. The maximum absolute atomic E-state index is 12.4. The molecule has 6 heteroatoms. The van der Waals surface area contributed by atoms with E-state index in [4.69, 9.17) is 5.11 Å². The fourth-order valence-corrected chi connectivity index (χ4v) is 4.91. The van der Waals surface area contributed by atoms with E-state index in [-0.39, 0.29) is 17.9 Å². The molecule has 19 heavy (non-hydrogen) atoms. The van der Waals surface area contributed by atoms with Crippen molar-refractivity contribution in [1.82, 2.24) is 9.62 Å². The van der Waals surface area contributed by atoms with Crippen LogP contribution in [0.1, 0.15) is 44.9 Å². The Balaban J connectivity index is 1.87. The van der Waals surface area contributed by atoms with Crippen LogP contribution >= 0.6 is 0 Å². The molecule has 0 amide bonds. The van der Waals surface area contributed by atoms with Gasteiger partial charge in [0, 0.05) is 25.7 Å². The summed E-state index contributed by atoms with van der Waals surface area (Å²) in [5.74, 6) is 0. The summed E-state index contributed by atoms with van der Waals surface area (Å²) in [5, 5.41) is 8.58. The average molecular weight is 290 g/mol. The zero-order valence-electron chi connectivity index (χ0n) is 11.6. The summed E-state index contributed by atoms with van der Waals surface area (Å²) in [4.78, 5) is 2.16. The summed E-state index contributed by atoms with van der Waals surface area (Å²) in [6.45, 7) is 2.54. The number of aliphatic hydroxyl groups is 1. The van der Waals surface area contributed by atoms with Crippen molar-refractivity contribution in [2.45, 2.75) is 56.2 Å². The van der Waals surface area contributed by atoms with Crippen LogP contribution in [0.4, 0.5) is 0 Å². The van der Waals surface area contributed by atoms with E-state index in [1.54, 1.807) is 0 Å². The Morgan fingerprint density at radius 2 is 1.89 bits per heavy atom. The Morgan fingerprint density at radius 1 is 1.16 bits per heavy atom. The smallest absolute Gasteiger partial charge is 0.215 e. The van der Waals surface area contributed by atoms with Crippen LogP contribution in [0.15, 0.2) is 0 Å². The third-order valence-corrected chi connectivity index (χ3v) is 6.14. The topological polar surface area (TPSA) is 69.6 Å². The first-order chi connectivity index (χ1) is 9.12. The van der Waals surface area contributed by atoms with Crippen molar-refractivity contribution < 1.29 is 13.5 Å². The molecule has 0 aromatic rings. The van der Waals surface area contributed by atoms with Crippen LogP contribution < -0.4 is 4.72 Å². The van der Waals surface area contributed by atoms with Crippen molar-refractivity contribution in [3.8, 4) is 0 Å². The quantitative estimate of drug-likeness (QED) is 0.755. The van der Waals surface area contributed by atoms with E-state index in [0.717, 1.165) is 58.0 Å². The Labute approximate surface area is 116 Å². The second-order valence-corrected chi connectivity index (χ2v) is 7.78. The lowest BCUT2D eigenvalue weighted by Gasteiger charge is -2.32. The van der Waals surface area contributed by atoms with Gasteiger partial charge in [0.2, 0.25) is 10.0 Å². The minimum Gasteiger partial charge on any atom is -0.396 e. The molecule has 2 rings (SSSR count). The molecule has 1 aliphatic carbocycles. The Hall–Kier alpha value is -0.170. The average Bonchev–Trinajstić information content (AvgIpc) is 2.89. The van der Waals surface area contributed by atoms with Gasteiger partial charge < -0.3 is 10.0 Å². The highest BCUT2D eigenvalue weighted by molar-refractivity contribution is 7.90. The number of nitrogens with zero attached hydrogens (tertiary/aromatic N) is 1. The van der Waals surface area contributed by atoms with Gasteiger partial charge in [-0.2, -0.15) is 0 Å². The van der Waals surface area contributed by atoms with Gasteiger partial charge in [0.1, 0.15) is 0 Å². The van der Waals surface area contributed by atoms with Crippen molar-refractivity contribution in [3.63, 3.8) is 0 Å². The summed E-state index contributed by atoms with van der Waals surface area (Å²) in [5.41, 5.74) is 0. The van der Waals surface area contributed by atoms with Crippen LogP contribution in [-0.4, -0.2) is 56.0 Å². The van der Waals surface area contributed by atoms with E-state index in [1.165, 1.54) is 0 Å². The molecular weight excluding hydrogens is 264 g/mol. The summed E-state index contributed by atoms with van der Waals surface area (Å²) in [7, 11) is -3.18. The predicted molar refractivity (Wildman–Crippen MR) is 75.5 cm³/mol. The molecule has 112 valence electrons. The fourth-order valence-electron chi connectivity index (χ4n) is 3.14. The highest BCUT2D eigenvalue weighted by Crippen LogP contribution is 2.22. The van der Waals surface area contributed by atoms with Crippen LogP contribution in [0.25, 0.3) is 0 Å². The standard InChI is InChI=1S/C13H26N2O3S/c16-10-4-9-15-8-3-7-13(11-15)19(17,18)14-12-5-1-2-6-12/h12-14,16H,1-11H2. The number of nitrogens with one attached hydrogen (secondary N) is 1. The molecule has 2 fully saturated rings. The molecule has 2 N–H and O–H groups in total. The third-order valence-electron chi connectivity index (χ3n) is 4.22. The number of likely N-dealkylation sites (tertiary alicyclic amines) is 1. The molecule has 0 aromatic heterocycles. The van der Waals surface area contributed by atoms with Gasteiger partial charge in [-0.25, -0.2) is 13.1 Å². The number of hydrogen-bond donors (Lipinski definition) is 2. The molecule has 1 heterocycles. The fraction of sp³-hybridized carbons (Fsp3) is 1.00. The normalized spacial score (nSPS) is 26.9. The second-order valence-electron chi connectivity index (χ2n) is 5.79. The number of piperidine rings is 1. The molecule has 1 atom stereocenters. The SMILES string of the molecule is O=S(=O)(NC1CCCC1)C1CCCN(CCCO)C1.